The quantitative estimate of drug-likeness (QED) is 0.729. The van der Waals surface area contributed by atoms with Gasteiger partial charge in [-0.3, -0.25) is 9.36 Å². The normalized spacial score (nSPS) is 10.8. The number of carbonyl (C=O) groups is 1. The first-order valence-corrected chi connectivity index (χ1v) is 7.51. The standard InChI is InChI=1S/C18H14F2N4O/c1-23(17(25)13-8-6-12(10-21)7-9-13)11-16-22-14-4-2-3-5-15(14)24(16)18(19)20/h2-9,18H,11H2,1H3. The van der Waals surface area contributed by atoms with Gasteiger partial charge in [-0.2, -0.15) is 14.0 Å². The summed E-state index contributed by atoms with van der Waals surface area (Å²) in [5.41, 5.74) is 1.60. The average molecular weight is 340 g/mol. The number of carbonyl (C=O) groups excluding carboxylic acids is 1. The summed E-state index contributed by atoms with van der Waals surface area (Å²) in [6, 6.07) is 14.7. The summed E-state index contributed by atoms with van der Waals surface area (Å²) >= 11 is 0. The molecular weight excluding hydrogens is 326 g/mol. The first kappa shape index (κ1) is 16.6. The van der Waals surface area contributed by atoms with Crippen LogP contribution in [-0.2, 0) is 6.54 Å². The minimum atomic E-state index is -2.75. The van der Waals surface area contributed by atoms with Crippen LogP contribution in [0.4, 0.5) is 8.78 Å². The number of hydrogen-bond donors (Lipinski definition) is 0. The van der Waals surface area contributed by atoms with Crippen LogP contribution in [0.1, 0.15) is 28.3 Å². The fraction of sp³-hybridized carbons (Fsp3) is 0.167. The van der Waals surface area contributed by atoms with Crippen LogP contribution >= 0.6 is 0 Å². The lowest BCUT2D eigenvalue weighted by molar-refractivity contribution is 0.0646. The van der Waals surface area contributed by atoms with Crippen molar-refractivity contribution in [3.05, 3.63) is 65.5 Å². The Morgan fingerprint density at radius 3 is 2.56 bits per heavy atom. The highest BCUT2D eigenvalue weighted by molar-refractivity contribution is 5.94. The third-order valence-electron chi connectivity index (χ3n) is 3.85. The van der Waals surface area contributed by atoms with Crippen LogP contribution in [-0.4, -0.2) is 27.4 Å². The number of alkyl halides is 2. The number of aromatic nitrogens is 2. The van der Waals surface area contributed by atoms with Gasteiger partial charge in [-0.25, -0.2) is 4.98 Å². The smallest absolute Gasteiger partial charge is 0.320 e. The highest BCUT2D eigenvalue weighted by Gasteiger charge is 2.20. The Balaban J connectivity index is 1.88. The van der Waals surface area contributed by atoms with E-state index in [9.17, 15) is 13.6 Å². The molecule has 3 aromatic rings. The predicted octanol–water partition coefficient (Wildman–Crippen LogP) is 3.58. The lowest BCUT2D eigenvalue weighted by Crippen LogP contribution is -2.27. The van der Waals surface area contributed by atoms with E-state index in [0.29, 0.717) is 22.2 Å². The van der Waals surface area contributed by atoms with Crippen molar-refractivity contribution >= 4 is 16.9 Å². The molecule has 0 bridgehead atoms. The van der Waals surface area contributed by atoms with Crippen LogP contribution in [0.3, 0.4) is 0 Å². The number of fused-ring (bicyclic) bond motifs is 1. The zero-order valence-electron chi connectivity index (χ0n) is 13.4. The van der Waals surface area contributed by atoms with Crippen molar-refractivity contribution in [2.75, 3.05) is 7.05 Å². The van der Waals surface area contributed by atoms with E-state index >= 15 is 0 Å². The summed E-state index contributed by atoms with van der Waals surface area (Å²) in [5, 5.41) is 8.80. The van der Waals surface area contributed by atoms with Crippen molar-refractivity contribution in [2.45, 2.75) is 13.1 Å². The highest BCUT2D eigenvalue weighted by atomic mass is 19.3. The largest absolute Gasteiger partial charge is 0.334 e. The number of amides is 1. The third kappa shape index (κ3) is 3.19. The van der Waals surface area contributed by atoms with Gasteiger partial charge in [-0.15, -0.1) is 0 Å². The van der Waals surface area contributed by atoms with Gasteiger partial charge in [-0.05, 0) is 36.4 Å². The van der Waals surface area contributed by atoms with Crippen LogP contribution in [0.2, 0.25) is 0 Å². The number of nitrogens with zero attached hydrogens (tertiary/aromatic N) is 4. The van der Waals surface area contributed by atoms with E-state index in [1.165, 1.54) is 36.2 Å². The number of para-hydroxylation sites is 2. The van der Waals surface area contributed by atoms with Crippen molar-refractivity contribution in [3.63, 3.8) is 0 Å². The molecule has 0 atom stereocenters. The summed E-state index contributed by atoms with van der Waals surface area (Å²) < 4.78 is 27.7. The van der Waals surface area contributed by atoms with Gasteiger partial charge in [0.1, 0.15) is 5.82 Å². The van der Waals surface area contributed by atoms with Gasteiger partial charge in [0.05, 0.1) is 29.2 Å². The molecule has 0 fully saturated rings. The molecule has 0 aliphatic rings. The molecule has 0 radical (unpaired) electrons. The third-order valence-corrected chi connectivity index (χ3v) is 3.85. The number of imidazole rings is 1. The molecule has 1 amide bonds. The van der Waals surface area contributed by atoms with E-state index in [-0.39, 0.29) is 18.3 Å². The van der Waals surface area contributed by atoms with Crippen molar-refractivity contribution < 1.29 is 13.6 Å². The molecule has 126 valence electrons. The number of nitriles is 1. The summed E-state index contributed by atoms with van der Waals surface area (Å²) in [7, 11) is 1.52. The fourth-order valence-electron chi connectivity index (χ4n) is 2.62. The molecule has 0 saturated heterocycles. The number of rotatable bonds is 4. The number of benzene rings is 2. The molecule has 2 aromatic carbocycles. The molecule has 0 aliphatic heterocycles. The fourth-order valence-corrected chi connectivity index (χ4v) is 2.62. The molecule has 0 N–H and O–H groups in total. The van der Waals surface area contributed by atoms with Gasteiger partial charge >= 0.3 is 6.55 Å². The van der Waals surface area contributed by atoms with Crippen molar-refractivity contribution in [2.24, 2.45) is 0 Å². The van der Waals surface area contributed by atoms with Gasteiger partial charge in [-0.1, -0.05) is 12.1 Å². The highest BCUT2D eigenvalue weighted by Crippen LogP contribution is 2.24. The molecule has 1 aromatic heterocycles. The van der Waals surface area contributed by atoms with Crippen molar-refractivity contribution in [1.29, 1.82) is 5.26 Å². The van der Waals surface area contributed by atoms with Gasteiger partial charge in [0, 0.05) is 12.6 Å². The van der Waals surface area contributed by atoms with Gasteiger partial charge in [0.15, 0.2) is 0 Å². The Labute approximate surface area is 142 Å². The first-order valence-electron chi connectivity index (χ1n) is 7.51. The minimum absolute atomic E-state index is 0.0577. The average Bonchev–Trinajstić information content (AvgIpc) is 2.99. The lowest BCUT2D eigenvalue weighted by atomic mass is 10.1. The van der Waals surface area contributed by atoms with Gasteiger partial charge in [0.25, 0.3) is 5.91 Å². The maximum Gasteiger partial charge on any atom is 0.320 e. The minimum Gasteiger partial charge on any atom is -0.334 e. The topological polar surface area (TPSA) is 61.9 Å². The SMILES string of the molecule is CN(Cc1nc2ccccc2n1C(F)F)C(=O)c1ccc(C#N)cc1. The number of halogens is 2. The second-order valence-corrected chi connectivity index (χ2v) is 5.51. The Bertz CT molecular complexity index is 957. The van der Waals surface area contributed by atoms with Crippen LogP contribution in [0.25, 0.3) is 11.0 Å². The predicted molar refractivity (Wildman–Crippen MR) is 87.9 cm³/mol. The van der Waals surface area contributed by atoms with E-state index in [2.05, 4.69) is 4.98 Å². The zero-order chi connectivity index (χ0) is 18.0. The van der Waals surface area contributed by atoms with E-state index < -0.39 is 6.55 Å². The molecule has 0 spiro atoms. The molecule has 1 heterocycles. The maximum absolute atomic E-state index is 13.4. The van der Waals surface area contributed by atoms with Gasteiger partial charge in [0.2, 0.25) is 0 Å². The van der Waals surface area contributed by atoms with Crippen LogP contribution in [0.15, 0.2) is 48.5 Å². The summed E-state index contributed by atoms with van der Waals surface area (Å²) in [6.45, 7) is -2.81. The Morgan fingerprint density at radius 2 is 1.92 bits per heavy atom. The molecule has 25 heavy (non-hydrogen) atoms. The molecule has 0 unspecified atom stereocenters. The van der Waals surface area contributed by atoms with Gasteiger partial charge < -0.3 is 4.90 Å². The van der Waals surface area contributed by atoms with E-state index in [1.54, 1.807) is 24.3 Å². The first-order chi connectivity index (χ1) is 12.0. The molecule has 7 heteroatoms. The second-order valence-electron chi connectivity index (χ2n) is 5.51. The second kappa shape index (κ2) is 6.69. The lowest BCUT2D eigenvalue weighted by Gasteiger charge is -2.18. The summed E-state index contributed by atoms with van der Waals surface area (Å²) in [5.74, 6) is -0.224. The molecule has 0 saturated carbocycles. The summed E-state index contributed by atoms with van der Waals surface area (Å²) in [4.78, 5) is 18.0. The monoisotopic (exact) mass is 340 g/mol. The van der Waals surface area contributed by atoms with E-state index in [4.69, 9.17) is 5.26 Å². The Morgan fingerprint density at radius 1 is 1.24 bits per heavy atom. The molecule has 0 aliphatic carbocycles. The zero-order valence-corrected chi connectivity index (χ0v) is 13.4. The number of hydrogen-bond acceptors (Lipinski definition) is 3. The summed E-state index contributed by atoms with van der Waals surface area (Å²) in [6.07, 6.45) is 0. The van der Waals surface area contributed by atoms with E-state index in [1.807, 2.05) is 6.07 Å². The van der Waals surface area contributed by atoms with Crippen molar-refractivity contribution in [1.82, 2.24) is 14.5 Å². The Hall–Kier alpha value is -3.27. The van der Waals surface area contributed by atoms with Crippen LogP contribution in [0.5, 0.6) is 0 Å². The molecule has 5 nitrogen and oxygen atoms in total. The van der Waals surface area contributed by atoms with Crippen LogP contribution < -0.4 is 0 Å². The maximum atomic E-state index is 13.4. The molecule has 3 rings (SSSR count). The van der Waals surface area contributed by atoms with Crippen LogP contribution in [0, 0.1) is 11.3 Å². The van der Waals surface area contributed by atoms with E-state index in [0.717, 1.165) is 4.57 Å². The van der Waals surface area contributed by atoms with Crippen molar-refractivity contribution in [3.8, 4) is 6.07 Å². The molecular formula is C18H14F2N4O. The Kier molecular flexibility index (Phi) is 4.44.